The van der Waals surface area contributed by atoms with Crippen LogP contribution in [0.1, 0.15) is 0 Å². The van der Waals surface area contributed by atoms with E-state index in [0.29, 0.717) is 39.5 Å². The lowest BCUT2D eigenvalue weighted by Crippen LogP contribution is -2.11. The number of anilines is 1. The Labute approximate surface area is 176 Å². The molecule has 0 spiro atoms. The first-order chi connectivity index (χ1) is 14.5. The summed E-state index contributed by atoms with van der Waals surface area (Å²) < 4.78 is 43.6. The summed E-state index contributed by atoms with van der Waals surface area (Å²) in [5.74, 6) is 1.64. The lowest BCUT2D eigenvalue weighted by atomic mass is 10.2. The Morgan fingerprint density at radius 2 is 1.70 bits per heavy atom. The van der Waals surface area contributed by atoms with Crippen molar-refractivity contribution in [1.29, 1.82) is 0 Å². The Morgan fingerprint density at radius 3 is 2.30 bits per heavy atom. The van der Waals surface area contributed by atoms with Crippen LogP contribution in [-0.4, -0.2) is 37.6 Å². The molecule has 4 aromatic rings. The van der Waals surface area contributed by atoms with E-state index in [2.05, 4.69) is 19.7 Å². The number of oxazole rings is 1. The van der Waals surface area contributed by atoms with E-state index in [-0.39, 0.29) is 4.21 Å². The van der Waals surface area contributed by atoms with Gasteiger partial charge in [0, 0.05) is 11.3 Å². The van der Waals surface area contributed by atoms with Gasteiger partial charge in [-0.1, -0.05) is 0 Å². The van der Waals surface area contributed by atoms with Gasteiger partial charge < -0.3 is 13.9 Å². The largest absolute Gasteiger partial charge is 0.481 e. The number of rotatable bonds is 7. The monoisotopic (exact) mass is 444 g/mol. The van der Waals surface area contributed by atoms with E-state index in [1.807, 2.05) is 0 Å². The Balaban J connectivity index is 1.55. The fourth-order valence-electron chi connectivity index (χ4n) is 2.57. The first-order valence-corrected chi connectivity index (χ1v) is 10.9. The number of thiophene rings is 1. The predicted octanol–water partition coefficient (Wildman–Crippen LogP) is 3.68. The molecule has 0 saturated heterocycles. The number of aromatic nitrogens is 3. The smallest absolute Gasteiger partial charge is 0.271 e. The van der Waals surface area contributed by atoms with Crippen molar-refractivity contribution in [1.82, 2.24) is 15.0 Å². The minimum absolute atomic E-state index is 0.166. The van der Waals surface area contributed by atoms with Gasteiger partial charge in [0.05, 0.1) is 31.4 Å². The summed E-state index contributed by atoms with van der Waals surface area (Å²) in [7, 11) is -0.744. The van der Waals surface area contributed by atoms with Gasteiger partial charge in [-0.15, -0.1) is 11.3 Å². The van der Waals surface area contributed by atoms with E-state index in [4.69, 9.17) is 13.9 Å². The topological polar surface area (TPSA) is 116 Å². The average Bonchev–Trinajstić information content (AvgIpc) is 3.45. The van der Waals surface area contributed by atoms with Crippen LogP contribution in [0.15, 0.2) is 63.7 Å². The minimum Gasteiger partial charge on any atom is -0.481 e. The molecular formula is C19H16N4O5S2. The van der Waals surface area contributed by atoms with E-state index in [9.17, 15) is 8.42 Å². The molecule has 0 radical (unpaired) electrons. The summed E-state index contributed by atoms with van der Waals surface area (Å²) >= 11 is 1.09. The van der Waals surface area contributed by atoms with Crippen LogP contribution < -0.4 is 14.2 Å². The molecular weight excluding hydrogens is 428 g/mol. The third-order valence-electron chi connectivity index (χ3n) is 4.01. The Morgan fingerprint density at radius 1 is 1.00 bits per heavy atom. The van der Waals surface area contributed by atoms with Crippen molar-refractivity contribution >= 4 is 27.0 Å². The first-order valence-electron chi connectivity index (χ1n) is 8.57. The van der Waals surface area contributed by atoms with E-state index in [0.717, 1.165) is 11.3 Å². The molecule has 11 heteroatoms. The van der Waals surface area contributed by atoms with Gasteiger partial charge in [0.1, 0.15) is 4.21 Å². The lowest BCUT2D eigenvalue weighted by molar-refractivity contribution is 0.372. The molecule has 0 unspecified atom stereocenters. The number of hydrogen-bond donors (Lipinski definition) is 1. The van der Waals surface area contributed by atoms with Crippen LogP contribution in [0.4, 0.5) is 5.69 Å². The molecule has 0 amide bonds. The molecule has 3 heterocycles. The molecule has 0 aliphatic heterocycles. The Bertz CT molecular complexity index is 1230. The molecule has 4 rings (SSSR count). The third-order valence-corrected chi connectivity index (χ3v) is 6.99. The third kappa shape index (κ3) is 4.11. The zero-order valence-electron chi connectivity index (χ0n) is 15.9. The van der Waals surface area contributed by atoms with Gasteiger partial charge in [-0.25, -0.2) is 13.4 Å². The Kier molecular flexibility index (Phi) is 5.38. The molecule has 30 heavy (non-hydrogen) atoms. The van der Waals surface area contributed by atoms with Crippen molar-refractivity contribution in [3.63, 3.8) is 0 Å². The van der Waals surface area contributed by atoms with Crippen molar-refractivity contribution in [3.8, 4) is 33.8 Å². The zero-order valence-corrected chi connectivity index (χ0v) is 17.5. The number of methoxy groups -OCH3 is 2. The Hall–Kier alpha value is -3.44. The average molecular weight is 444 g/mol. The summed E-state index contributed by atoms with van der Waals surface area (Å²) in [6.07, 6.45) is 2.83. The van der Waals surface area contributed by atoms with Crippen LogP contribution >= 0.6 is 11.3 Å². The van der Waals surface area contributed by atoms with Gasteiger partial charge in [0.25, 0.3) is 10.0 Å². The van der Waals surface area contributed by atoms with Crippen LogP contribution in [0.5, 0.6) is 11.8 Å². The second-order valence-corrected chi connectivity index (χ2v) is 8.94. The van der Waals surface area contributed by atoms with Gasteiger partial charge >= 0.3 is 0 Å². The van der Waals surface area contributed by atoms with Gasteiger partial charge in [0.2, 0.25) is 11.8 Å². The van der Waals surface area contributed by atoms with Crippen LogP contribution in [0.2, 0.25) is 0 Å². The molecule has 0 bridgehead atoms. The maximum atomic E-state index is 12.7. The number of hydrogen-bond acceptors (Lipinski definition) is 9. The molecule has 1 N–H and O–H groups in total. The maximum Gasteiger partial charge on any atom is 0.271 e. The van der Waals surface area contributed by atoms with Crippen LogP contribution in [0, 0.1) is 0 Å². The van der Waals surface area contributed by atoms with Crippen molar-refractivity contribution in [3.05, 3.63) is 55.1 Å². The van der Waals surface area contributed by atoms with E-state index >= 15 is 0 Å². The summed E-state index contributed by atoms with van der Waals surface area (Å²) in [5, 5.41) is 0. The van der Waals surface area contributed by atoms with E-state index in [1.54, 1.807) is 36.4 Å². The highest BCUT2D eigenvalue weighted by molar-refractivity contribution is 7.94. The van der Waals surface area contributed by atoms with Gasteiger partial charge in [-0.3, -0.25) is 4.72 Å². The normalized spacial score (nSPS) is 11.3. The number of nitrogens with one attached hydrogen (secondary N) is 1. The van der Waals surface area contributed by atoms with Crippen molar-refractivity contribution in [2.24, 2.45) is 0 Å². The molecule has 0 atom stereocenters. The second kappa shape index (κ2) is 8.13. The van der Waals surface area contributed by atoms with E-state index < -0.39 is 10.0 Å². The van der Waals surface area contributed by atoms with Crippen molar-refractivity contribution < 1.29 is 22.3 Å². The van der Waals surface area contributed by atoms with Crippen molar-refractivity contribution in [2.75, 3.05) is 18.9 Å². The summed E-state index contributed by atoms with van der Waals surface area (Å²) in [5.41, 5.74) is 1.09. The predicted molar refractivity (Wildman–Crippen MR) is 111 cm³/mol. The molecule has 9 nitrogen and oxygen atoms in total. The molecule has 154 valence electrons. The molecule has 1 aromatic carbocycles. The fourth-order valence-corrected chi connectivity index (χ4v) is 4.89. The number of sulfonamides is 1. The maximum absolute atomic E-state index is 12.7. The molecule has 3 aromatic heterocycles. The number of nitrogens with zero attached hydrogens (tertiary/aromatic N) is 3. The highest BCUT2D eigenvalue weighted by Crippen LogP contribution is 2.32. The number of ether oxygens (including phenoxy) is 2. The first kappa shape index (κ1) is 19.9. The molecule has 0 aliphatic rings. The molecule has 0 saturated carbocycles. The van der Waals surface area contributed by atoms with E-state index in [1.165, 1.54) is 32.9 Å². The van der Waals surface area contributed by atoms with Gasteiger partial charge in [-0.05, 0) is 36.4 Å². The standard InChI is InChI=1S/C19H16N4O5S2/c1-26-16-9-17(27-2)22-19(21-16)12-3-5-13(6-4-12)23-30(24,25)18-8-7-15(29-18)14-10-20-11-28-14/h3-11,23H,1-2H3. The quantitative estimate of drug-likeness (QED) is 0.459. The summed E-state index contributed by atoms with van der Waals surface area (Å²) in [6.45, 7) is 0. The van der Waals surface area contributed by atoms with Crippen LogP contribution in [0.25, 0.3) is 22.0 Å². The second-order valence-electron chi connectivity index (χ2n) is 5.94. The molecule has 0 aliphatic carbocycles. The highest BCUT2D eigenvalue weighted by Gasteiger charge is 2.19. The zero-order chi connectivity index (χ0) is 21.1. The van der Waals surface area contributed by atoms with Gasteiger partial charge in [0.15, 0.2) is 18.0 Å². The fraction of sp³-hybridized carbons (Fsp3) is 0.105. The minimum atomic E-state index is -3.75. The SMILES string of the molecule is COc1cc(OC)nc(-c2ccc(NS(=O)(=O)c3ccc(-c4cnco4)s3)cc2)n1. The lowest BCUT2D eigenvalue weighted by Gasteiger charge is -2.08. The van der Waals surface area contributed by atoms with Crippen LogP contribution in [-0.2, 0) is 10.0 Å². The highest BCUT2D eigenvalue weighted by atomic mass is 32.2. The van der Waals surface area contributed by atoms with Crippen LogP contribution in [0.3, 0.4) is 0 Å². The summed E-state index contributed by atoms with van der Waals surface area (Å²) in [6, 6.07) is 11.5. The number of benzene rings is 1. The molecule has 0 fully saturated rings. The summed E-state index contributed by atoms with van der Waals surface area (Å²) in [4.78, 5) is 13.1. The van der Waals surface area contributed by atoms with Crippen molar-refractivity contribution in [2.45, 2.75) is 4.21 Å². The van der Waals surface area contributed by atoms with Gasteiger partial charge in [-0.2, -0.15) is 9.97 Å².